The van der Waals surface area contributed by atoms with Crippen LogP contribution in [0.1, 0.15) is 37.5 Å². The second-order valence-electron chi connectivity index (χ2n) is 6.45. The highest BCUT2D eigenvalue weighted by Gasteiger charge is 2.35. The summed E-state index contributed by atoms with van der Waals surface area (Å²) in [4.78, 5) is 26.3. The predicted octanol–water partition coefficient (Wildman–Crippen LogP) is 3.07. The standard InChI is InChI=1S/C19H22N2O3/c1-13(2)14-5-3-6-16(9-14)21-12-15(10-18(21)22)19(23)20-11-17-7-4-8-24-17/h3-9,13,15H,10-12H2,1-2H3,(H,20,23). The Morgan fingerprint density at radius 1 is 1.33 bits per heavy atom. The number of hydrogen-bond acceptors (Lipinski definition) is 3. The molecule has 0 spiro atoms. The van der Waals surface area contributed by atoms with Crippen molar-refractivity contribution in [2.45, 2.75) is 32.7 Å². The van der Waals surface area contributed by atoms with E-state index < -0.39 is 0 Å². The van der Waals surface area contributed by atoms with Gasteiger partial charge in [-0.25, -0.2) is 0 Å². The minimum absolute atomic E-state index is 0.00550. The average molecular weight is 326 g/mol. The normalized spacial score (nSPS) is 17.5. The maximum atomic E-state index is 12.3. The fourth-order valence-electron chi connectivity index (χ4n) is 2.92. The SMILES string of the molecule is CC(C)c1cccc(N2CC(C(=O)NCc3ccco3)CC2=O)c1. The zero-order valence-corrected chi connectivity index (χ0v) is 14.0. The van der Waals surface area contributed by atoms with Crippen LogP contribution in [0.5, 0.6) is 0 Å². The van der Waals surface area contributed by atoms with Crippen molar-refractivity contribution in [2.24, 2.45) is 5.92 Å². The van der Waals surface area contributed by atoms with Crippen molar-refractivity contribution >= 4 is 17.5 Å². The van der Waals surface area contributed by atoms with Crippen LogP contribution in [-0.4, -0.2) is 18.4 Å². The Kier molecular flexibility index (Phi) is 4.69. The van der Waals surface area contributed by atoms with Crippen LogP contribution in [0.4, 0.5) is 5.69 Å². The first-order valence-corrected chi connectivity index (χ1v) is 8.25. The highest BCUT2D eigenvalue weighted by molar-refractivity contribution is 6.00. The second-order valence-corrected chi connectivity index (χ2v) is 6.45. The molecule has 1 aromatic carbocycles. The third-order valence-electron chi connectivity index (χ3n) is 4.36. The molecule has 1 atom stereocenters. The van der Waals surface area contributed by atoms with Crippen LogP contribution in [-0.2, 0) is 16.1 Å². The minimum atomic E-state index is -0.324. The molecule has 1 aromatic heterocycles. The number of furan rings is 1. The zero-order chi connectivity index (χ0) is 17.1. The third kappa shape index (κ3) is 3.50. The molecule has 1 unspecified atom stereocenters. The van der Waals surface area contributed by atoms with Crippen LogP contribution >= 0.6 is 0 Å². The Morgan fingerprint density at radius 2 is 2.17 bits per heavy atom. The van der Waals surface area contributed by atoms with Gasteiger partial charge in [-0.15, -0.1) is 0 Å². The van der Waals surface area contributed by atoms with Gasteiger partial charge in [0.2, 0.25) is 11.8 Å². The molecule has 1 aliphatic rings. The van der Waals surface area contributed by atoms with E-state index in [0.29, 0.717) is 24.8 Å². The molecule has 2 amide bonds. The molecule has 0 aliphatic carbocycles. The van der Waals surface area contributed by atoms with Crippen molar-refractivity contribution in [1.29, 1.82) is 0 Å². The van der Waals surface area contributed by atoms with Gasteiger partial charge in [0.1, 0.15) is 5.76 Å². The summed E-state index contributed by atoms with van der Waals surface area (Å²) in [5.74, 6) is 0.663. The van der Waals surface area contributed by atoms with Gasteiger partial charge < -0.3 is 14.6 Å². The first kappa shape index (κ1) is 16.3. The molecule has 2 heterocycles. The number of rotatable bonds is 5. The fraction of sp³-hybridized carbons (Fsp3) is 0.368. The summed E-state index contributed by atoms with van der Waals surface area (Å²) in [7, 11) is 0. The molecule has 5 heteroatoms. The monoisotopic (exact) mass is 326 g/mol. The molecule has 0 bridgehead atoms. The molecule has 24 heavy (non-hydrogen) atoms. The van der Waals surface area contributed by atoms with Crippen molar-refractivity contribution in [3.63, 3.8) is 0 Å². The lowest BCUT2D eigenvalue weighted by Crippen LogP contribution is -2.32. The maximum Gasteiger partial charge on any atom is 0.227 e. The summed E-state index contributed by atoms with van der Waals surface area (Å²) in [5.41, 5.74) is 2.05. The number of nitrogens with one attached hydrogen (secondary N) is 1. The summed E-state index contributed by atoms with van der Waals surface area (Å²) in [6.07, 6.45) is 1.82. The van der Waals surface area contributed by atoms with Gasteiger partial charge in [-0.3, -0.25) is 9.59 Å². The number of benzene rings is 1. The number of nitrogens with zero attached hydrogens (tertiary/aromatic N) is 1. The lowest BCUT2D eigenvalue weighted by Gasteiger charge is -2.18. The largest absolute Gasteiger partial charge is 0.467 e. The van der Waals surface area contributed by atoms with E-state index in [4.69, 9.17) is 4.42 Å². The Morgan fingerprint density at radius 3 is 2.88 bits per heavy atom. The summed E-state index contributed by atoms with van der Waals surface area (Å²) in [6.45, 7) is 5.01. The Labute approximate surface area is 141 Å². The van der Waals surface area contributed by atoms with Crippen molar-refractivity contribution in [2.75, 3.05) is 11.4 Å². The molecule has 1 N–H and O–H groups in total. The first-order valence-electron chi connectivity index (χ1n) is 8.25. The molecular formula is C19H22N2O3. The van der Waals surface area contributed by atoms with Crippen LogP contribution in [0.3, 0.4) is 0 Å². The fourth-order valence-corrected chi connectivity index (χ4v) is 2.92. The Balaban J connectivity index is 1.64. The molecule has 3 rings (SSSR count). The van der Waals surface area contributed by atoms with Crippen molar-refractivity contribution in [1.82, 2.24) is 5.32 Å². The number of carbonyl (C=O) groups excluding carboxylic acids is 2. The van der Waals surface area contributed by atoms with E-state index >= 15 is 0 Å². The highest BCUT2D eigenvalue weighted by Crippen LogP contribution is 2.28. The van der Waals surface area contributed by atoms with Gasteiger partial charge in [-0.1, -0.05) is 26.0 Å². The van der Waals surface area contributed by atoms with Crippen LogP contribution in [0.15, 0.2) is 47.1 Å². The number of anilines is 1. The van der Waals surface area contributed by atoms with E-state index in [1.54, 1.807) is 17.2 Å². The quantitative estimate of drug-likeness (QED) is 0.918. The van der Waals surface area contributed by atoms with Gasteiger partial charge in [0.25, 0.3) is 0 Å². The molecule has 1 aliphatic heterocycles. The van der Waals surface area contributed by atoms with Crippen LogP contribution < -0.4 is 10.2 Å². The molecule has 2 aromatic rings. The first-order chi connectivity index (χ1) is 11.5. The molecule has 126 valence electrons. The van der Waals surface area contributed by atoms with Crippen molar-refractivity contribution in [3.05, 3.63) is 54.0 Å². The topological polar surface area (TPSA) is 62.6 Å². The van der Waals surface area contributed by atoms with Crippen LogP contribution in [0.25, 0.3) is 0 Å². The molecule has 0 saturated carbocycles. The van der Waals surface area contributed by atoms with Crippen LogP contribution in [0.2, 0.25) is 0 Å². The number of carbonyl (C=O) groups is 2. The van der Waals surface area contributed by atoms with Gasteiger partial charge in [-0.05, 0) is 35.7 Å². The predicted molar refractivity (Wildman–Crippen MR) is 91.5 cm³/mol. The van der Waals surface area contributed by atoms with Gasteiger partial charge in [0.05, 0.1) is 18.7 Å². The summed E-state index contributed by atoms with van der Waals surface area (Å²) < 4.78 is 5.20. The zero-order valence-electron chi connectivity index (χ0n) is 14.0. The molecular weight excluding hydrogens is 304 g/mol. The number of hydrogen-bond donors (Lipinski definition) is 1. The smallest absolute Gasteiger partial charge is 0.227 e. The summed E-state index contributed by atoms with van der Waals surface area (Å²) in [6, 6.07) is 11.6. The van der Waals surface area contributed by atoms with E-state index in [-0.39, 0.29) is 24.2 Å². The average Bonchev–Trinajstić information content (AvgIpc) is 3.22. The Hall–Kier alpha value is -2.56. The summed E-state index contributed by atoms with van der Waals surface area (Å²) in [5, 5.41) is 2.84. The van der Waals surface area contributed by atoms with Gasteiger partial charge in [0.15, 0.2) is 0 Å². The van der Waals surface area contributed by atoms with Gasteiger partial charge in [0, 0.05) is 18.7 Å². The molecule has 5 nitrogen and oxygen atoms in total. The van der Waals surface area contributed by atoms with E-state index in [0.717, 1.165) is 5.69 Å². The molecule has 1 saturated heterocycles. The lowest BCUT2D eigenvalue weighted by atomic mass is 10.0. The van der Waals surface area contributed by atoms with Crippen LogP contribution in [0, 0.1) is 5.92 Å². The van der Waals surface area contributed by atoms with E-state index in [1.165, 1.54) is 5.56 Å². The second kappa shape index (κ2) is 6.91. The van der Waals surface area contributed by atoms with E-state index in [1.807, 2.05) is 24.3 Å². The van der Waals surface area contributed by atoms with E-state index in [9.17, 15) is 9.59 Å². The maximum absolute atomic E-state index is 12.3. The minimum Gasteiger partial charge on any atom is -0.467 e. The van der Waals surface area contributed by atoms with Crippen molar-refractivity contribution < 1.29 is 14.0 Å². The van der Waals surface area contributed by atoms with E-state index in [2.05, 4.69) is 25.2 Å². The van der Waals surface area contributed by atoms with Gasteiger partial charge >= 0.3 is 0 Å². The molecule has 0 radical (unpaired) electrons. The van der Waals surface area contributed by atoms with Crippen molar-refractivity contribution in [3.8, 4) is 0 Å². The summed E-state index contributed by atoms with van der Waals surface area (Å²) >= 11 is 0. The highest BCUT2D eigenvalue weighted by atomic mass is 16.3. The van der Waals surface area contributed by atoms with Gasteiger partial charge in [-0.2, -0.15) is 0 Å². The Bertz CT molecular complexity index is 722. The lowest BCUT2D eigenvalue weighted by molar-refractivity contribution is -0.126. The molecule has 1 fully saturated rings. The number of amides is 2. The third-order valence-corrected chi connectivity index (χ3v) is 4.36.